The van der Waals surface area contributed by atoms with E-state index >= 15 is 0 Å². The topological polar surface area (TPSA) is 46.5 Å². The van der Waals surface area contributed by atoms with Gasteiger partial charge in [-0.05, 0) is 66.3 Å². The van der Waals surface area contributed by atoms with Crippen molar-refractivity contribution < 1.29 is 19.0 Å². The molecule has 3 aromatic carbocycles. The number of hydrogen-bond donors (Lipinski definition) is 1. The van der Waals surface area contributed by atoms with Gasteiger partial charge < -0.3 is 9.84 Å². The van der Waals surface area contributed by atoms with E-state index in [1.807, 2.05) is 25.1 Å². The minimum absolute atomic E-state index is 0.203. The van der Waals surface area contributed by atoms with E-state index in [1.165, 1.54) is 6.07 Å². The molecule has 1 unspecified atom stereocenters. The molecule has 3 aromatic rings. The molecule has 4 heteroatoms. The van der Waals surface area contributed by atoms with Gasteiger partial charge in [0.2, 0.25) is 0 Å². The van der Waals surface area contributed by atoms with E-state index in [4.69, 9.17) is 9.84 Å². The molecule has 142 valence electrons. The smallest absolute Gasteiger partial charge is 0.335 e. The summed E-state index contributed by atoms with van der Waals surface area (Å²) in [6.45, 7) is 2.02. The van der Waals surface area contributed by atoms with Gasteiger partial charge in [-0.2, -0.15) is 0 Å². The Labute approximate surface area is 163 Å². The van der Waals surface area contributed by atoms with Crippen LogP contribution in [0.4, 0.5) is 4.39 Å². The second kappa shape index (κ2) is 7.12. The quantitative estimate of drug-likeness (QED) is 0.652. The maximum absolute atomic E-state index is 14.1. The fourth-order valence-corrected chi connectivity index (χ4v) is 3.73. The first-order valence-corrected chi connectivity index (χ1v) is 9.33. The third kappa shape index (κ3) is 3.63. The zero-order chi connectivity index (χ0) is 19.7. The molecule has 3 nitrogen and oxygen atoms in total. The Morgan fingerprint density at radius 3 is 2.50 bits per heavy atom. The van der Waals surface area contributed by atoms with Gasteiger partial charge in [-0.1, -0.05) is 42.5 Å². The summed E-state index contributed by atoms with van der Waals surface area (Å²) in [5.41, 5.74) is 3.48. The fourth-order valence-electron chi connectivity index (χ4n) is 3.73. The van der Waals surface area contributed by atoms with Crippen molar-refractivity contribution in [1.29, 1.82) is 0 Å². The maximum Gasteiger partial charge on any atom is 0.335 e. The van der Waals surface area contributed by atoms with E-state index in [1.54, 1.807) is 36.4 Å². The number of ether oxygens (including phenoxy) is 1. The average Bonchev–Trinajstić information content (AvgIpc) is 2.69. The first kappa shape index (κ1) is 18.2. The molecule has 0 radical (unpaired) electrons. The average molecular weight is 376 g/mol. The Kier molecular flexibility index (Phi) is 4.63. The summed E-state index contributed by atoms with van der Waals surface area (Å²) in [6, 6.07) is 19.7. The van der Waals surface area contributed by atoms with Gasteiger partial charge in [-0.15, -0.1) is 0 Å². The fraction of sp³-hybridized carbons (Fsp3) is 0.208. The molecule has 1 aliphatic rings. The molecular formula is C24H21FO3. The number of fused-ring (bicyclic) bond motifs is 1. The molecule has 0 fully saturated rings. The number of halogens is 1. The summed E-state index contributed by atoms with van der Waals surface area (Å²) in [7, 11) is 0. The van der Waals surface area contributed by atoms with Crippen LogP contribution in [0.5, 0.6) is 5.75 Å². The Morgan fingerprint density at radius 2 is 1.79 bits per heavy atom. The van der Waals surface area contributed by atoms with E-state index in [0.717, 1.165) is 35.3 Å². The Bertz CT molecular complexity index is 1030. The van der Waals surface area contributed by atoms with E-state index in [0.29, 0.717) is 12.0 Å². The number of aryl methyl sites for hydroxylation is 1. The molecule has 28 heavy (non-hydrogen) atoms. The first-order valence-electron chi connectivity index (χ1n) is 9.33. The highest BCUT2D eigenvalue weighted by molar-refractivity contribution is 5.88. The van der Waals surface area contributed by atoms with Gasteiger partial charge in [0, 0.05) is 6.42 Å². The number of carboxylic acids is 1. The van der Waals surface area contributed by atoms with Crippen LogP contribution in [0.15, 0.2) is 66.7 Å². The van der Waals surface area contributed by atoms with Gasteiger partial charge in [-0.25, -0.2) is 9.18 Å². The standard InChI is InChI=1S/C24H21FO3/c1-24(15-20-4-2-3-5-21(20)25)13-12-17-8-11-19(14-22(17)28-24)16-6-9-18(10-7-16)23(26)27/h2-11,14H,12-13,15H2,1H3,(H,26,27). The predicted octanol–water partition coefficient (Wildman–Crippen LogP) is 5.52. The summed E-state index contributed by atoms with van der Waals surface area (Å²) < 4.78 is 20.4. The number of benzene rings is 3. The van der Waals surface area contributed by atoms with Gasteiger partial charge in [0.1, 0.15) is 17.2 Å². The van der Waals surface area contributed by atoms with Crippen LogP contribution in [0.2, 0.25) is 0 Å². The molecule has 0 saturated carbocycles. The van der Waals surface area contributed by atoms with Crippen LogP contribution in [0.3, 0.4) is 0 Å². The maximum atomic E-state index is 14.1. The number of carboxylic acid groups (broad SMARTS) is 1. The van der Waals surface area contributed by atoms with Crippen LogP contribution in [0, 0.1) is 5.82 Å². The second-order valence-corrected chi connectivity index (χ2v) is 7.53. The lowest BCUT2D eigenvalue weighted by Crippen LogP contribution is -2.38. The third-order valence-corrected chi connectivity index (χ3v) is 5.33. The predicted molar refractivity (Wildman–Crippen MR) is 106 cm³/mol. The third-order valence-electron chi connectivity index (χ3n) is 5.33. The van der Waals surface area contributed by atoms with Crippen LogP contribution in [0.1, 0.15) is 34.8 Å². The Balaban J connectivity index is 1.60. The van der Waals surface area contributed by atoms with Crippen molar-refractivity contribution in [2.45, 2.75) is 31.8 Å². The molecule has 1 aliphatic heterocycles. The van der Waals surface area contributed by atoms with Crippen LogP contribution in [-0.2, 0) is 12.8 Å². The minimum atomic E-state index is -0.941. The van der Waals surface area contributed by atoms with Crippen LogP contribution < -0.4 is 4.74 Å². The molecule has 0 amide bonds. The van der Waals surface area contributed by atoms with Crippen molar-refractivity contribution >= 4 is 5.97 Å². The second-order valence-electron chi connectivity index (χ2n) is 7.53. The van der Waals surface area contributed by atoms with E-state index < -0.39 is 11.6 Å². The number of carbonyl (C=O) groups is 1. The van der Waals surface area contributed by atoms with E-state index in [9.17, 15) is 9.18 Å². The van der Waals surface area contributed by atoms with E-state index in [-0.39, 0.29) is 11.4 Å². The SMILES string of the molecule is CC1(Cc2ccccc2F)CCc2ccc(-c3ccc(C(=O)O)cc3)cc2O1. The summed E-state index contributed by atoms with van der Waals surface area (Å²) in [5, 5.41) is 9.06. The molecule has 4 rings (SSSR count). The lowest BCUT2D eigenvalue weighted by atomic mass is 9.86. The lowest BCUT2D eigenvalue weighted by Gasteiger charge is -2.36. The van der Waals surface area contributed by atoms with Gasteiger partial charge in [0.05, 0.1) is 5.56 Å². The Morgan fingerprint density at radius 1 is 1.07 bits per heavy atom. The van der Waals surface area contributed by atoms with Crippen LogP contribution in [-0.4, -0.2) is 16.7 Å². The molecule has 1 N–H and O–H groups in total. The van der Waals surface area contributed by atoms with Gasteiger partial charge in [-0.3, -0.25) is 0 Å². The number of aromatic carboxylic acids is 1. The normalized spacial score (nSPS) is 18.2. The number of rotatable bonds is 4. The molecule has 0 saturated heterocycles. The highest BCUT2D eigenvalue weighted by Crippen LogP contribution is 2.38. The molecule has 0 aromatic heterocycles. The van der Waals surface area contributed by atoms with Gasteiger partial charge in [0.25, 0.3) is 0 Å². The number of hydrogen-bond acceptors (Lipinski definition) is 2. The van der Waals surface area contributed by atoms with Gasteiger partial charge >= 0.3 is 5.97 Å². The zero-order valence-electron chi connectivity index (χ0n) is 15.6. The largest absolute Gasteiger partial charge is 0.487 e. The van der Waals surface area contributed by atoms with Crippen molar-refractivity contribution in [3.63, 3.8) is 0 Å². The van der Waals surface area contributed by atoms with E-state index in [2.05, 4.69) is 6.07 Å². The van der Waals surface area contributed by atoms with Crippen molar-refractivity contribution in [3.8, 4) is 16.9 Å². The minimum Gasteiger partial charge on any atom is -0.487 e. The van der Waals surface area contributed by atoms with Crippen molar-refractivity contribution in [3.05, 3.63) is 89.2 Å². The van der Waals surface area contributed by atoms with Crippen LogP contribution in [0.25, 0.3) is 11.1 Å². The molecular weight excluding hydrogens is 355 g/mol. The monoisotopic (exact) mass is 376 g/mol. The summed E-state index contributed by atoms with van der Waals surface area (Å²) in [6.07, 6.45) is 2.20. The van der Waals surface area contributed by atoms with Gasteiger partial charge in [0.15, 0.2) is 0 Å². The van der Waals surface area contributed by atoms with Crippen molar-refractivity contribution in [2.24, 2.45) is 0 Å². The molecule has 0 spiro atoms. The summed E-state index contributed by atoms with van der Waals surface area (Å²) in [5.74, 6) is -0.334. The van der Waals surface area contributed by atoms with Crippen LogP contribution >= 0.6 is 0 Å². The zero-order valence-corrected chi connectivity index (χ0v) is 15.6. The molecule has 0 aliphatic carbocycles. The van der Waals surface area contributed by atoms with Crippen molar-refractivity contribution in [2.75, 3.05) is 0 Å². The first-order chi connectivity index (χ1) is 13.4. The molecule has 1 heterocycles. The highest BCUT2D eigenvalue weighted by Gasteiger charge is 2.32. The molecule has 1 atom stereocenters. The lowest BCUT2D eigenvalue weighted by molar-refractivity contribution is 0.0645. The summed E-state index contributed by atoms with van der Waals surface area (Å²) in [4.78, 5) is 11.0. The van der Waals surface area contributed by atoms with Crippen molar-refractivity contribution in [1.82, 2.24) is 0 Å². The summed E-state index contributed by atoms with van der Waals surface area (Å²) >= 11 is 0. The highest BCUT2D eigenvalue weighted by atomic mass is 19.1. The Hall–Kier alpha value is -3.14. The molecule has 0 bridgehead atoms.